The number of benzene rings is 4. The number of sulfonamides is 1. The molecule has 4 aromatic carbocycles. The highest BCUT2D eigenvalue weighted by molar-refractivity contribution is 8.10. The van der Waals surface area contributed by atoms with Gasteiger partial charge in [0.25, 0.3) is 5.91 Å². The van der Waals surface area contributed by atoms with E-state index in [-0.39, 0.29) is 31.9 Å². The second-order valence-corrected chi connectivity index (χ2v) is 15.5. The van der Waals surface area contributed by atoms with Gasteiger partial charge >= 0.3 is 0 Å². The fourth-order valence-corrected chi connectivity index (χ4v) is 9.97. The maximum atomic E-state index is 14.3. The van der Waals surface area contributed by atoms with Gasteiger partial charge in [-0.3, -0.25) is 14.4 Å². The van der Waals surface area contributed by atoms with Crippen LogP contribution in [0.1, 0.15) is 56.8 Å². The first-order valence-electron chi connectivity index (χ1n) is 15.4. The summed E-state index contributed by atoms with van der Waals surface area (Å²) in [6.07, 6.45) is 3.08. The molecule has 46 heavy (non-hydrogen) atoms. The van der Waals surface area contributed by atoms with E-state index in [1.54, 1.807) is 25.1 Å². The molecule has 7 nitrogen and oxygen atoms in total. The Morgan fingerprint density at radius 3 is 2.28 bits per heavy atom. The number of Topliss-reactive ketones (excluding diaryl/α,β-unsaturated/α-hetero) is 1. The van der Waals surface area contributed by atoms with Crippen molar-refractivity contribution in [2.45, 2.75) is 56.2 Å². The zero-order chi connectivity index (χ0) is 32.7. The Hall–Kier alpha value is -3.83. The number of anilines is 1. The van der Waals surface area contributed by atoms with E-state index in [4.69, 9.17) is 0 Å². The minimum Gasteiger partial charge on any atom is -0.321 e. The second kappa shape index (κ2) is 12.8. The lowest BCUT2D eigenvalue weighted by Gasteiger charge is -2.24. The van der Waals surface area contributed by atoms with E-state index in [2.05, 4.69) is 11.9 Å². The van der Waals surface area contributed by atoms with E-state index in [0.717, 1.165) is 39.8 Å². The van der Waals surface area contributed by atoms with Crippen LogP contribution in [0.4, 0.5) is 5.69 Å². The lowest BCUT2D eigenvalue weighted by Crippen LogP contribution is -2.33. The minimum atomic E-state index is -4.01. The Bertz CT molecular complexity index is 2300. The van der Waals surface area contributed by atoms with E-state index < -0.39 is 15.9 Å². The van der Waals surface area contributed by atoms with E-state index >= 15 is 0 Å². The molecule has 0 radical (unpaired) electrons. The fourth-order valence-electron chi connectivity index (χ4n) is 5.81. The first kappa shape index (κ1) is 32.1. The summed E-state index contributed by atoms with van der Waals surface area (Å²) < 4.78 is 31.0. The third kappa shape index (κ3) is 5.47. The molecule has 1 N–H and O–H groups in total. The molecule has 1 amide bonds. The molecule has 5 aromatic rings. The highest BCUT2D eigenvalue weighted by Gasteiger charge is 2.32. The smallest absolute Gasteiger partial charge is 0.250 e. The molecule has 0 saturated heterocycles. The van der Waals surface area contributed by atoms with Crippen LogP contribution in [0.2, 0.25) is 0 Å². The van der Waals surface area contributed by atoms with Crippen LogP contribution in [-0.2, 0) is 14.8 Å². The van der Waals surface area contributed by atoms with E-state index in [1.165, 1.54) is 22.1 Å². The summed E-state index contributed by atoms with van der Waals surface area (Å²) in [5.74, 6) is -0.695. The van der Waals surface area contributed by atoms with Gasteiger partial charge in [-0.2, -0.15) is 4.31 Å². The molecule has 0 unspecified atom stereocenters. The van der Waals surface area contributed by atoms with Crippen LogP contribution in [-0.4, -0.2) is 37.5 Å². The average molecular weight is 671 g/mol. The van der Waals surface area contributed by atoms with Gasteiger partial charge in [0.1, 0.15) is 0 Å². The highest BCUT2D eigenvalue weighted by atomic mass is 32.2. The molecule has 1 aliphatic rings. The molecule has 236 valence electrons. The number of thioether (sulfide) groups is 1. The molecule has 0 atom stereocenters. The first-order chi connectivity index (χ1) is 22.1. The monoisotopic (exact) mass is 670 g/mol. The van der Waals surface area contributed by atoms with Crippen LogP contribution in [0, 0.1) is 0 Å². The van der Waals surface area contributed by atoms with Crippen molar-refractivity contribution < 1.29 is 18.0 Å². The summed E-state index contributed by atoms with van der Waals surface area (Å²) in [7, 11) is -4.01. The van der Waals surface area contributed by atoms with Crippen LogP contribution < -0.4 is 15.3 Å². The standard InChI is InChI=1S/C36H34N2O5S3/c1-5-7-18-38(19-8-6-2)46(42,43)28-20-26(37-36(41)21(3)4)33-29-24(28)14-11-15-25(29)31(39)34(45-33)35-32(40)30-23-13-10-9-12-22(23)16-17-27(30)44-35/h9-17,20H,3,5-8,18-19H2,1-2,4H3,(H,37,41). The van der Waals surface area contributed by atoms with E-state index in [1.807, 2.05) is 50.2 Å². The maximum Gasteiger partial charge on any atom is 0.250 e. The summed E-state index contributed by atoms with van der Waals surface area (Å²) in [6, 6.07) is 18.1. The summed E-state index contributed by atoms with van der Waals surface area (Å²) >= 11 is 2.38. The number of unbranched alkanes of at least 4 members (excludes halogenated alkanes) is 2. The fraction of sp³-hybridized carbons (Fsp3) is 0.250. The quantitative estimate of drug-likeness (QED) is 0.155. The van der Waals surface area contributed by atoms with Crippen molar-refractivity contribution in [1.29, 1.82) is 0 Å². The van der Waals surface area contributed by atoms with E-state index in [9.17, 15) is 22.8 Å². The Labute approximate surface area is 276 Å². The van der Waals surface area contributed by atoms with Crippen molar-refractivity contribution >= 4 is 87.0 Å². The molecular formula is C36H34N2O5S3. The van der Waals surface area contributed by atoms with Gasteiger partial charge in [-0.1, -0.05) is 93.6 Å². The molecule has 1 aromatic heterocycles. The van der Waals surface area contributed by atoms with Crippen LogP contribution in [0.5, 0.6) is 0 Å². The lowest BCUT2D eigenvalue weighted by molar-refractivity contribution is -0.112. The van der Waals surface area contributed by atoms with Crippen molar-refractivity contribution in [2.75, 3.05) is 18.4 Å². The van der Waals surface area contributed by atoms with Crippen LogP contribution in [0.25, 0.3) is 36.5 Å². The molecule has 10 heteroatoms. The van der Waals surface area contributed by atoms with Gasteiger partial charge in [0, 0.05) is 45.3 Å². The summed E-state index contributed by atoms with van der Waals surface area (Å²) in [5.41, 5.74) is 0.722. The molecule has 0 aliphatic carbocycles. The third-order valence-corrected chi connectivity index (χ3v) is 12.7. The average Bonchev–Trinajstić information content (AvgIpc) is 3.39. The Morgan fingerprint density at radius 2 is 1.59 bits per heavy atom. The predicted octanol–water partition coefficient (Wildman–Crippen LogP) is 7.49. The van der Waals surface area contributed by atoms with E-state index in [0.29, 0.717) is 57.3 Å². The molecule has 6 rings (SSSR count). The van der Waals surface area contributed by atoms with Crippen molar-refractivity contribution in [2.24, 2.45) is 0 Å². The van der Waals surface area contributed by atoms with Gasteiger partial charge in [0.15, 0.2) is 0 Å². The van der Waals surface area contributed by atoms with Gasteiger partial charge in [-0.15, -0.1) is 11.3 Å². The third-order valence-electron chi connectivity index (χ3n) is 8.25. The number of nitrogens with one attached hydrogen (secondary N) is 1. The molecule has 0 saturated carbocycles. The largest absolute Gasteiger partial charge is 0.321 e. The number of fused-ring (bicyclic) bond motifs is 3. The number of nitrogens with zero attached hydrogens (tertiary/aromatic N) is 1. The zero-order valence-corrected chi connectivity index (χ0v) is 28.4. The number of ketones is 1. The molecule has 2 heterocycles. The summed E-state index contributed by atoms with van der Waals surface area (Å²) in [5, 5.41) is 5.77. The van der Waals surface area contributed by atoms with Crippen LogP contribution in [0.15, 0.2) is 87.4 Å². The minimum absolute atomic E-state index is 0.0343. The molecule has 0 fully saturated rings. The SMILES string of the molecule is C=C(C)C(=O)Nc1cc(S(=O)(=O)N(CCCC)CCCC)c2cccc3c(=O)c(=C4Sc5ccc6ccccc6c5C4=O)sc1c23. The first-order valence-corrected chi connectivity index (χ1v) is 18.4. The van der Waals surface area contributed by atoms with Gasteiger partial charge in [-0.05, 0) is 42.7 Å². The Balaban J connectivity index is 1.66. The van der Waals surface area contributed by atoms with Gasteiger partial charge in [0.05, 0.1) is 24.7 Å². The lowest BCUT2D eigenvalue weighted by atomic mass is 10.0. The predicted molar refractivity (Wildman–Crippen MR) is 190 cm³/mol. The second-order valence-electron chi connectivity index (χ2n) is 11.5. The van der Waals surface area contributed by atoms with Gasteiger partial charge in [-0.25, -0.2) is 8.42 Å². The van der Waals surface area contributed by atoms with Gasteiger partial charge in [0.2, 0.25) is 21.2 Å². The number of amides is 1. The number of rotatable bonds is 10. The van der Waals surface area contributed by atoms with Crippen molar-refractivity contribution in [1.82, 2.24) is 4.31 Å². The summed E-state index contributed by atoms with van der Waals surface area (Å²) in [6.45, 7) is 10.1. The Kier molecular flexibility index (Phi) is 8.91. The molecule has 1 aliphatic heterocycles. The van der Waals surface area contributed by atoms with Gasteiger partial charge < -0.3 is 5.32 Å². The number of hydrogen-bond donors (Lipinski definition) is 1. The van der Waals surface area contributed by atoms with Crippen LogP contribution >= 0.6 is 23.1 Å². The van der Waals surface area contributed by atoms with Crippen molar-refractivity contribution in [3.63, 3.8) is 0 Å². The molecule has 0 spiro atoms. The number of carbonyl (C=O) groups excluding carboxylic acids is 2. The van der Waals surface area contributed by atoms with Crippen LogP contribution in [0.3, 0.4) is 0 Å². The van der Waals surface area contributed by atoms with Crippen molar-refractivity contribution in [3.05, 3.63) is 93.1 Å². The number of carbonyl (C=O) groups is 2. The normalized spacial score (nSPS) is 14.5. The zero-order valence-electron chi connectivity index (χ0n) is 25.9. The molecule has 0 bridgehead atoms. The Morgan fingerprint density at radius 1 is 0.913 bits per heavy atom. The van der Waals surface area contributed by atoms with Crippen molar-refractivity contribution in [3.8, 4) is 0 Å². The topological polar surface area (TPSA) is 101 Å². The highest BCUT2D eigenvalue weighted by Crippen LogP contribution is 2.44. The molecular weight excluding hydrogens is 637 g/mol. The maximum absolute atomic E-state index is 14.3. The summed E-state index contributed by atoms with van der Waals surface area (Å²) in [4.78, 5) is 42.4. The number of hydrogen-bond acceptors (Lipinski definition) is 7.